The average Bonchev–Trinajstić information content (AvgIpc) is 3.06. The number of hydrogen-bond donors (Lipinski definition) is 0. The van der Waals surface area contributed by atoms with Crippen molar-refractivity contribution in [1.29, 1.82) is 0 Å². The number of nitrogens with zero attached hydrogens (tertiary/aromatic N) is 1. The number of hydrogen-bond acceptors (Lipinski definition) is 5. The van der Waals surface area contributed by atoms with Crippen molar-refractivity contribution >= 4 is 57.6 Å². The summed E-state index contributed by atoms with van der Waals surface area (Å²) in [5, 5.41) is 0.692. The monoisotopic (exact) mass is 467 g/mol. The van der Waals surface area contributed by atoms with Crippen molar-refractivity contribution in [2.75, 3.05) is 12.0 Å². The average molecular weight is 468 g/mol. The highest BCUT2D eigenvalue weighted by Gasteiger charge is 2.33. The largest absolute Gasteiger partial charge is 0.497 e. The molecule has 0 atom stereocenters. The zero-order valence-electron chi connectivity index (χ0n) is 16.6. The van der Waals surface area contributed by atoms with Gasteiger partial charge < -0.3 is 9.47 Å². The van der Waals surface area contributed by atoms with Crippen molar-refractivity contribution in [1.82, 2.24) is 0 Å². The van der Waals surface area contributed by atoms with E-state index in [9.17, 15) is 4.79 Å². The van der Waals surface area contributed by atoms with Gasteiger partial charge in [0.25, 0.3) is 5.91 Å². The summed E-state index contributed by atoms with van der Waals surface area (Å²) in [4.78, 5) is 15.1. The third-order valence-electron chi connectivity index (χ3n) is 4.60. The summed E-state index contributed by atoms with van der Waals surface area (Å²) in [5.41, 5.74) is 2.60. The van der Waals surface area contributed by atoms with Crippen molar-refractivity contribution in [3.8, 4) is 11.5 Å². The molecule has 1 aliphatic heterocycles. The topological polar surface area (TPSA) is 38.8 Å². The molecule has 3 aromatic carbocycles. The first-order valence-corrected chi connectivity index (χ1v) is 11.0. The number of carbonyl (C=O) groups excluding carboxylic acids is 1. The Bertz CT molecular complexity index is 1140. The molecule has 0 N–H and O–H groups in total. The molecule has 4 rings (SSSR count). The van der Waals surface area contributed by atoms with Crippen LogP contribution < -0.4 is 14.4 Å². The second-order valence-corrected chi connectivity index (χ2v) is 8.81. The lowest BCUT2D eigenvalue weighted by atomic mass is 10.2. The van der Waals surface area contributed by atoms with Gasteiger partial charge in [-0.25, -0.2) is 0 Å². The number of amides is 1. The molecular weight excluding hydrogens is 450 g/mol. The van der Waals surface area contributed by atoms with E-state index >= 15 is 0 Å². The third-order valence-corrected chi connectivity index (χ3v) is 6.15. The summed E-state index contributed by atoms with van der Waals surface area (Å²) in [6.07, 6.45) is 1.83. The first-order chi connectivity index (χ1) is 15.0. The highest BCUT2D eigenvalue weighted by Crippen LogP contribution is 2.36. The van der Waals surface area contributed by atoms with Crippen molar-refractivity contribution < 1.29 is 14.3 Å². The molecule has 4 nitrogen and oxygen atoms in total. The Kier molecular flexibility index (Phi) is 6.61. The quantitative estimate of drug-likeness (QED) is 0.312. The molecule has 0 unspecified atom stereocenters. The Balaban J connectivity index is 1.49. The van der Waals surface area contributed by atoms with Crippen LogP contribution in [0.25, 0.3) is 6.08 Å². The van der Waals surface area contributed by atoms with Crippen LogP contribution in [0.2, 0.25) is 5.02 Å². The highest BCUT2D eigenvalue weighted by atomic mass is 35.5. The van der Waals surface area contributed by atoms with E-state index in [0.29, 0.717) is 32.3 Å². The molecule has 7 heteroatoms. The molecule has 0 aliphatic carbocycles. The number of benzene rings is 3. The van der Waals surface area contributed by atoms with Gasteiger partial charge >= 0.3 is 0 Å². The molecule has 0 saturated carbocycles. The van der Waals surface area contributed by atoms with Gasteiger partial charge in [-0.1, -0.05) is 59.8 Å². The number of thiocarbonyl (C=S) groups is 1. The predicted octanol–water partition coefficient (Wildman–Crippen LogP) is 6.33. The molecule has 0 radical (unpaired) electrons. The van der Waals surface area contributed by atoms with Gasteiger partial charge in [-0.3, -0.25) is 9.69 Å². The van der Waals surface area contributed by atoms with E-state index in [1.165, 1.54) is 16.7 Å². The van der Waals surface area contributed by atoms with Crippen LogP contribution in [-0.4, -0.2) is 17.3 Å². The van der Waals surface area contributed by atoms with E-state index in [-0.39, 0.29) is 5.91 Å². The van der Waals surface area contributed by atoms with Crippen molar-refractivity contribution in [2.24, 2.45) is 0 Å². The molecule has 0 aromatic heterocycles. The van der Waals surface area contributed by atoms with Crippen molar-refractivity contribution in [3.63, 3.8) is 0 Å². The zero-order chi connectivity index (χ0) is 21.8. The van der Waals surface area contributed by atoms with Crippen LogP contribution in [0, 0.1) is 0 Å². The molecule has 156 valence electrons. The first-order valence-electron chi connectivity index (χ1n) is 9.43. The van der Waals surface area contributed by atoms with Crippen molar-refractivity contribution in [2.45, 2.75) is 6.61 Å². The lowest BCUT2D eigenvalue weighted by Gasteiger charge is -2.14. The number of ether oxygens (including phenoxy) is 2. The van der Waals surface area contributed by atoms with Crippen LogP contribution >= 0.6 is 35.6 Å². The maximum absolute atomic E-state index is 13.0. The molecule has 3 aromatic rings. The van der Waals surface area contributed by atoms with Gasteiger partial charge in [0, 0.05) is 5.02 Å². The molecule has 0 bridgehead atoms. The van der Waals surface area contributed by atoms with Crippen molar-refractivity contribution in [3.05, 3.63) is 93.9 Å². The van der Waals surface area contributed by atoms with Gasteiger partial charge in [0.05, 0.1) is 17.7 Å². The Morgan fingerprint density at radius 3 is 2.48 bits per heavy atom. The molecule has 1 amide bonds. The zero-order valence-corrected chi connectivity index (χ0v) is 19.0. The third kappa shape index (κ3) is 5.10. The standard InChI is InChI=1S/C24H18ClNO3S2/c1-28-20-11-9-19(10-12-20)26-23(27)22(31-24(26)30)14-17-3-2-4-21(13-17)29-15-16-5-7-18(25)8-6-16/h2-14H,15H2,1H3/b22-14-. The van der Waals surface area contributed by atoms with Crippen LogP contribution in [0.15, 0.2) is 77.7 Å². The lowest BCUT2D eigenvalue weighted by Crippen LogP contribution is -2.27. The Hall–Kier alpha value is -2.80. The molecule has 0 spiro atoms. The van der Waals surface area contributed by atoms with E-state index in [4.69, 9.17) is 33.3 Å². The fourth-order valence-corrected chi connectivity index (χ4v) is 4.44. The van der Waals surface area contributed by atoms with E-state index in [1.807, 2.05) is 66.7 Å². The number of halogens is 1. The van der Waals surface area contributed by atoms with E-state index in [0.717, 1.165) is 16.9 Å². The van der Waals surface area contributed by atoms with Crippen LogP contribution in [0.1, 0.15) is 11.1 Å². The Morgan fingerprint density at radius 1 is 1.03 bits per heavy atom. The minimum absolute atomic E-state index is 0.146. The number of rotatable bonds is 6. The van der Waals surface area contributed by atoms with Crippen LogP contribution in [-0.2, 0) is 11.4 Å². The molecule has 1 aliphatic rings. The second-order valence-electron chi connectivity index (χ2n) is 6.70. The molecular formula is C24H18ClNO3S2. The number of anilines is 1. The van der Waals surface area contributed by atoms with E-state index in [2.05, 4.69) is 0 Å². The van der Waals surface area contributed by atoms with Gasteiger partial charge in [0.1, 0.15) is 18.1 Å². The van der Waals surface area contributed by atoms with Gasteiger partial charge in [-0.15, -0.1) is 0 Å². The normalized spacial score (nSPS) is 14.9. The fourth-order valence-electron chi connectivity index (χ4n) is 3.01. The molecule has 1 saturated heterocycles. The predicted molar refractivity (Wildman–Crippen MR) is 131 cm³/mol. The summed E-state index contributed by atoms with van der Waals surface area (Å²) < 4.78 is 11.6. The van der Waals surface area contributed by atoms with Gasteiger partial charge in [-0.2, -0.15) is 0 Å². The summed E-state index contributed by atoms with van der Waals surface area (Å²) in [5.74, 6) is 1.29. The number of methoxy groups -OCH3 is 1. The van der Waals surface area contributed by atoms with Gasteiger partial charge in [0.15, 0.2) is 4.32 Å². The minimum Gasteiger partial charge on any atom is -0.497 e. The molecule has 31 heavy (non-hydrogen) atoms. The van der Waals surface area contributed by atoms with Crippen LogP contribution in [0.5, 0.6) is 11.5 Å². The highest BCUT2D eigenvalue weighted by molar-refractivity contribution is 8.27. The first kappa shape index (κ1) is 21.4. The SMILES string of the molecule is COc1ccc(N2C(=O)/C(=C/c3cccc(OCc4ccc(Cl)cc4)c3)SC2=S)cc1. The Labute approximate surface area is 195 Å². The van der Waals surface area contributed by atoms with Gasteiger partial charge in [-0.05, 0) is 65.7 Å². The maximum atomic E-state index is 13.0. The lowest BCUT2D eigenvalue weighted by molar-refractivity contribution is -0.113. The maximum Gasteiger partial charge on any atom is 0.270 e. The summed E-state index contributed by atoms with van der Waals surface area (Å²) >= 11 is 12.7. The summed E-state index contributed by atoms with van der Waals surface area (Å²) in [6, 6.07) is 22.4. The second kappa shape index (κ2) is 9.56. The summed E-state index contributed by atoms with van der Waals surface area (Å²) in [7, 11) is 1.60. The van der Waals surface area contributed by atoms with E-state index in [1.54, 1.807) is 19.2 Å². The summed E-state index contributed by atoms with van der Waals surface area (Å²) in [6.45, 7) is 0.431. The molecule has 1 fully saturated rings. The van der Waals surface area contributed by atoms with Crippen LogP contribution in [0.4, 0.5) is 5.69 Å². The molecule has 1 heterocycles. The minimum atomic E-state index is -0.146. The van der Waals surface area contributed by atoms with Gasteiger partial charge in [0.2, 0.25) is 0 Å². The Morgan fingerprint density at radius 2 is 1.77 bits per heavy atom. The smallest absolute Gasteiger partial charge is 0.270 e. The number of carbonyl (C=O) groups is 1. The fraction of sp³-hybridized carbons (Fsp3) is 0.0833. The van der Waals surface area contributed by atoms with Crippen LogP contribution in [0.3, 0.4) is 0 Å². The number of thioether (sulfide) groups is 1. The van der Waals surface area contributed by atoms with E-state index < -0.39 is 0 Å².